The molecular weight excluding hydrogens is 303 g/mol. The summed E-state index contributed by atoms with van der Waals surface area (Å²) < 4.78 is 0. The Kier molecular flexibility index (Phi) is 22.6. The maximum atomic E-state index is 10.2. The van der Waals surface area contributed by atoms with Crippen molar-refractivity contribution < 1.29 is 66.4 Å². The summed E-state index contributed by atoms with van der Waals surface area (Å²) in [5.41, 5.74) is 0. The quantitative estimate of drug-likeness (QED) is 0.273. The van der Waals surface area contributed by atoms with Crippen LogP contribution >= 0.6 is 0 Å². The molecule has 1 N–H and O–H groups in total. The summed E-state index contributed by atoms with van der Waals surface area (Å²) in [5.74, 6) is -1.02. The normalized spacial score (nSPS) is 12.3. The van der Waals surface area contributed by atoms with Crippen LogP contribution < -0.4 is 56.5 Å². The van der Waals surface area contributed by atoms with Gasteiger partial charge in [0.05, 0.1) is 6.10 Å². The second-order valence-corrected chi connectivity index (χ2v) is 5.88. The van der Waals surface area contributed by atoms with Crippen molar-refractivity contribution in [1.29, 1.82) is 0 Å². The second-order valence-electron chi connectivity index (χ2n) is 5.88. The average molecular weight is 337 g/mol. The number of carboxylic acid groups (broad SMARTS) is 1. The molecule has 0 heterocycles. The number of aliphatic hydroxyl groups is 1. The molecule has 0 aliphatic heterocycles. The molecule has 0 aromatic heterocycles. The van der Waals surface area contributed by atoms with Gasteiger partial charge in [0.2, 0.25) is 0 Å². The Hall–Kier alpha value is 0.806. The van der Waals surface area contributed by atoms with Gasteiger partial charge < -0.3 is 15.0 Å². The molecule has 0 saturated carbocycles. The smallest absolute Gasteiger partial charge is 0.550 e. The molecule has 22 heavy (non-hydrogen) atoms. The fourth-order valence-corrected chi connectivity index (χ4v) is 2.37. The average Bonchev–Trinajstić information content (AvgIpc) is 2.44. The standard InChI is InChI=1S/C18H34O3.K/c1-2-3-4-5-6-7-8-9-10-11-12-14-17(19)15-13-16-18(20)21;/h7-8,17,19H,2-6,9-16H2,1H3,(H,20,21);/q;+1/p-1/b8-7+;. The van der Waals surface area contributed by atoms with E-state index < -0.39 is 5.97 Å². The molecule has 0 aliphatic rings. The van der Waals surface area contributed by atoms with Gasteiger partial charge in [-0.05, 0) is 51.4 Å². The SMILES string of the molecule is CCCCCC/C=C/CCCCCC(O)CCCC(=O)[O-].[K+]. The van der Waals surface area contributed by atoms with Crippen molar-refractivity contribution in [3.63, 3.8) is 0 Å². The Balaban J connectivity index is 0. The van der Waals surface area contributed by atoms with Crippen molar-refractivity contribution in [2.45, 2.75) is 96.5 Å². The number of rotatable bonds is 15. The summed E-state index contributed by atoms with van der Waals surface area (Å²) in [7, 11) is 0. The van der Waals surface area contributed by atoms with E-state index in [1.807, 2.05) is 0 Å². The van der Waals surface area contributed by atoms with Crippen molar-refractivity contribution in [1.82, 2.24) is 0 Å². The number of allylic oxidation sites excluding steroid dienone is 2. The molecule has 0 bridgehead atoms. The van der Waals surface area contributed by atoms with Crippen LogP contribution in [0.4, 0.5) is 0 Å². The number of carbonyl (C=O) groups excluding carboxylic acids is 1. The van der Waals surface area contributed by atoms with Crippen molar-refractivity contribution in [3.05, 3.63) is 12.2 Å². The predicted molar refractivity (Wildman–Crippen MR) is 85.8 cm³/mol. The molecule has 0 radical (unpaired) electrons. The number of hydrogen-bond acceptors (Lipinski definition) is 3. The minimum atomic E-state index is -1.02. The zero-order valence-electron chi connectivity index (χ0n) is 14.7. The van der Waals surface area contributed by atoms with Gasteiger partial charge >= 0.3 is 51.4 Å². The molecule has 3 nitrogen and oxygen atoms in total. The zero-order chi connectivity index (χ0) is 15.8. The predicted octanol–water partition coefficient (Wildman–Crippen LogP) is 0.749. The van der Waals surface area contributed by atoms with E-state index in [0.29, 0.717) is 12.8 Å². The van der Waals surface area contributed by atoms with Crippen LogP contribution in [0.3, 0.4) is 0 Å². The number of carbonyl (C=O) groups is 1. The minimum absolute atomic E-state index is 0. The molecule has 0 aromatic rings. The third-order valence-corrected chi connectivity index (χ3v) is 3.72. The first-order chi connectivity index (χ1) is 10.2. The van der Waals surface area contributed by atoms with Crippen LogP contribution in [0.15, 0.2) is 12.2 Å². The first-order valence-electron chi connectivity index (χ1n) is 8.69. The molecule has 124 valence electrons. The van der Waals surface area contributed by atoms with Crippen LogP contribution in [0, 0.1) is 0 Å². The first kappa shape index (κ1) is 25.1. The monoisotopic (exact) mass is 336 g/mol. The second kappa shape index (κ2) is 19.9. The van der Waals surface area contributed by atoms with Crippen LogP contribution in [-0.4, -0.2) is 17.2 Å². The van der Waals surface area contributed by atoms with Gasteiger partial charge in [0.1, 0.15) is 0 Å². The molecular formula is C18H33KO3. The zero-order valence-corrected chi connectivity index (χ0v) is 17.8. The fourth-order valence-electron chi connectivity index (χ4n) is 2.37. The third kappa shape index (κ3) is 20.8. The summed E-state index contributed by atoms with van der Waals surface area (Å²) >= 11 is 0. The van der Waals surface area contributed by atoms with Crippen LogP contribution in [0.25, 0.3) is 0 Å². The minimum Gasteiger partial charge on any atom is -0.550 e. The van der Waals surface area contributed by atoms with Crippen molar-refractivity contribution >= 4 is 5.97 Å². The van der Waals surface area contributed by atoms with Crippen LogP contribution in [0.1, 0.15) is 90.4 Å². The summed E-state index contributed by atoms with van der Waals surface area (Å²) in [4.78, 5) is 10.2. The van der Waals surface area contributed by atoms with Crippen LogP contribution in [0.2, 0.25) is 0 Å². The third-order valence-electron chi connectivity index (χ3n) is 3.72. The molecule has 0 rings (SSSR count). The van der Waals surface area contributed by atoms with E-state index in [1.54, 1.807) is 0 Å². The summed E-state index contributed by atoms with van der Waals surface area (Å²) in [6.45, 7) is 2.23. The molecule has 0 amide bonds. The number of carboxylic acids is 1. The van der Waals surface area contributed by atoms with E-state index in [1.165, 1.54) is 38.5 Å². The summed E-state index contributed by atoms with van der Waals surface area (Å²) in [6.07, 6.45) is 17.1. The molecule has 0 aromatic carbocycles. The Bertz CT molecular complexity index is 267. The topological polar surface area (TPSA) is 60.4 Å². The van der Waals surface area contributed by atoms with Crippen LogP contribution in [0.5, 0.6) is 0 Å². The number of hydrogen-bond donors (Lipinski definition) is 1. The summed E-state index contributed by atoms with van der Waals surface area (Å²) in [6, 6.07) is 0. The van der Waals surface area contributed by atoms with Crippen molar-refractivity contribution in [2.75, 3.05) is 0 Å². The number of aliphatic hydroxyl groups excluding tert-OH is 1. The van der Waals surface area contributed by atoms with E-state index in [0.717, 1.165) is 25.7 Å². The first-order valence-corrected chi connectivity index (χ1v) is 8.69. The van der Waals surface area contributed by atoms with E-state index in [-0.39, 0.29) is 63.9 Å². The summed E-state index contributed by atoms with van der Waals surface area (Å²) in [5, 5.41) is 19.9. The van der Waals surface area contributed by atoms with Gasteiger partial charge in [-0.2, -0.15) is 0 Å². The number of aliphatic carboxylic acids is 1. The van der Waals surface area contributed by atoms with Gasteiger partial charge in [0.25, 0.3) is 0 Å². The Morgan fingerprint density at radius 3 is 2.05 bits per heavy atom. The Labute approximate surface area is 179 Å². The Morgan fingerprint density at radius 2 is 1.50 bits per heavy atom. The molecule has 1 atom stereocenters. The molecule has 0 aliphatic carbocycles. The van der Waals surface area contributed by atoms with Gasteiger partial charge in [-0.1, -0.05) is 51.2 Å². The molecule has 1 unspecified atom stereocenters. The molecule has 0 spiro atoms. The maximum absolute atomic E-state index is 10.2. The van der Waals surface area contributed by atoms with Gasteiger partial charge in [0.15, 0.2) is 0 Å². The van der Waals surface area contributed by atoms with Crippen LogP contribution in [-0.2, 0) is 4.79 Å². The Morgan fingerprint density at radius 1 is 0.955 bits per heavy atom. The largest absolute Gasteiger partial charge is 1.00 e. The van der Waals surface area contributed by atoms with E-state index >= 15 is 0 Å². The fraction of sp³-hybridized carbons (Fsp3) is 0.833. The van der Waals surface area contributed by atoms with Gasteiger partial charge in [0, 0.05) is 5.97 Å². The van der Waals surface area contributed by atoms with Crippen molar-refractivity contribution in [3.8, 4) is 0 Å². The number of unbranched alkanes of at least 4 members (excludes halogenated alkanes) is 7. The van der Waals surface area contributed by atoms with Gasteiger partial charge in [-0.25, -0.2) is 0 Å². The van der Waals surface area contributed by atoms with E-state index in [2.05, 4.69) is 19.1 Å². The van der Waals surface area contributed by atoms with Gasteiger partial charge in [-0.15, -0.1) is 0 Å². The molecule has 0 saturated heterocycles. The molecule has 0 fully saturated rings. The van der Waals surface area contributed by atoms with E-state index in [9.17, 15) is 15.0 Å². The molecule has 4 heteroatoms. The van der Waals surface area contributed by atoms with Gasteiger partial charge in [-0.3, -0.25) is 0 Å². The van der Waals surface area contributed by atoms with Crippen molar-refractivity contribution in [2.24, 2.45) is 0 Å². The van der Waals surface area contributed by atoms with E-state index in [4.69, 9.17) is 0 Å². The maximum Gasteiger partial charge on any atom is 1.00 e.